The molecule has 0 aromatic heterocycles. The molecule has 0 aromatic rings. The average molecular weight is 218 g/mol. The lowest BCUT2D eigenvalue weighted by Gasteiger charge is -2.17. The molecule has 0 bridgehead atoms. The van der Waals surface area contributed by atoms with E-state index in [1.54, 1.807) is 6.21 Å². The molecule has 2 rings (SSSR count). The van der Waals surface area contributed by atoms with Crippen molar-refractivity contribution in [3.8, 4) is 0 Å². The Morgan fingerprint density at radius 1 is 1.25 bits per heavy atom. The number of nitrogens with zero attached hydrogens (tertiary/aromatic N) is 2. The van der Waals surface area contributed by atoms with Crippen molar-refractivity contribution in [2.75, 3.05) is 19.6 Å². The van der Waals surface area contributed by atoms with Gasteiger partial charge in [0.15, 0.2) is 0 Å². The number of nitrogens with one attached hydrogen (secondary N) is 2. The van der Waals surface area contributed by atoms with Crippen molar-refractivity contribution < 1.29 is 0 Å². The first-order valence-electron chi connectivity index (χ1n) is 5.82. The zero-order chi connectivity index (χ0) is 11.1. The SMILES string of the molecule is C1=CC(C=NN=CC2CCNCC2)=CCN1. The van der Waals surface area contributed by atoms with Crippen LogP contribution in [-0.2, 0) is 0 Å². The molecular weight excluding hydrogens is 200 g/mol. The highest BCUT2D eigenvalue weighted by Gasteiger charge is 2.09. The van der Waals surface area contributed by atoms with E-state index in [1.807, 2.05) is 18.5 Å². The Balaban J connectivity index is 1.77. The molecule has 0 radical (unpaired) electrons. The smallest absolute Gasteiger partial charge is 0.0565 e. The lowest BCUT2D eigenvalue weighted by atomic mass is 10.00. The van der Waals surface area contributed by atoms with Gasteiger partial charge in [-0.05, 0) is 49.7 Å². The highest BCUT2D eigenvalue weighted by molar-refractivity contribution is 5.82. The molecule has 4 nitrogen and oxygen atoms in total. The summed E-state index contributed by atoms with van der Waals surface area (Å²) in [5.41, 5.74) is 1.11. The standard InChI is InChI=1S/C12H18N4/c1-5-13-6-2-11(1)9-15-16-10-12-3-7-14-8-4-12/h1-2,5,9-10,12-14H,3-4,6-8H2. The number of hydrogen-bond acceptors (Lipinski definition) is 4. The Kier molecular flexibility index (Phi) is 4.31. The van der Waals surface area contributed by atoms with E-state index in [0.717, 1.165) is 25.2 Å². The summed E-state index contributed by atoms with van der Waals surface area (Å²) in [5, 5.41) is 14.6. The maximum Gasteiger partial charge on any atom is 0.0565 e. The van der Waals surface area contributed by atoms with E-state index < -0.39 is 0 Å². The second-order valence-electron chi connectivity index (χ2n) is 4.04. The van der Waals surface area contributed by atoms with Crippen LogP contribution in [0.4, 0.5) is 0 Å². The van der Waals surface area contributed by atoms with Crippen LogP contribution in [0.1, 0.15) is 12.8 Å². The molecule has 0 unspecified atom stereocenters. The summed E-state index contributed by atoms with van der Waals surface area (Å²) < 4.78 is 0. The molecule has 0 amide bonds. The highest BCUT2D eigenvalue weighted by atomic mass is 15.2. The van der Waals surface area contributed by atoms with E-state index in [-0.39, 0.29) is 0 Å². The third-order valence-electron chi connectivity index (χ3n) is 2.78. The molecule has 1 fully saturated rings. The quantitative estimate of drug-likeness (QED) is 0.550. The second-order valence-corrected chi connectivity index (χ2v) is 4.04. The number of dihydropyridines is 1. The topological polar surface area (TPSA) is 48.8 Å². The second kappa shape index (κ2) is 6.23. The molecule has 0 saturated carbocycles. The summed E-state index contributed by atoms with van der Waals surface area (Å²) in [4.78, 5) is 0. The maximum atomic E-state index is 4.11. The van der Waals surface area contributed by atoms with Crippen molar-refractivity contribution in [3.05, 3.63) is 23.9 Å². The first kappa shape index (κ1) is 11.1. The summed E-state index contributed by atoms with van der Waals surface area (Å²) in [5.74, 6) is 0.593. The Hall–Kier alpha value is -1.42. The van der Waals surface area contributed by atoms with E-state index in [2.05, 4.69) is 26.9 Å². The third kappa shape index (κ3) is 3.62. The zero-order valence-corrected chi connectivity index (χ0v) is 9.39. The number of allylic oxidation sites excluding steroid dienone is 2. The number of rotatable bonds is 3. The van der Waals surface area contributed by atoms with Gasteiger partial charge in [-0.15, -0.1) is 0 Å². The van der Waals surface area contributed by atoms with Crippen molar-refractivity contribution >= 4 is 12.4 Å². The molecule has 1 saturated heterocycles. The molecule has 2 N–H and O–H groups in total. The van der Waals surface area contributed by atoms with Gasteiger partial charge in [0.1, 0.15) is 0 Å². The number of piperidine rings is 1. The first-order chi connectivity index (χ1) is 7.95. The summed E-state index contributed by atoms with van der Waals surface area (Å²) >= 11 is 0. The van der Waals surface area contributed by atoms with Crippen LogP contribution in [0.2, 0.25) is 0 Å². The fourth-order valence-corrected chi connectivity index (χ4v) is 1.79. The van der Waals surface area contributed by atoms with Crippen molar-refractivity contribution in [1.82, 2.24) is 10.6 Å². The van der Waals surface area contributed by atoms with Gasteiger partial charge in [0.05, 0.1) is 6.21 Å². The van der Waals surface area contributed by atoms with Gasteiger partial charge in [0, 0.05) is 12.8 Å². The molecule has 2 aliphatic rings. The Morgan fingerprint density at radius 2 is 2.12 bits per heavy atom. The third-order valence-corrected chi connectivity index (χ3v) is 2.78. The first-order valence-corrected chi connectivity index (χ1v) is 5.82. The summed E-state index contributed by atoms with van der Waals surface area (Å²) in [7, 11) is 0. The normalized spacial score (nSPS) is 22.6. The van der Waals surface area contributed by atoms with Gasteiger partial charge in [-0.1, -0.05) is 6.08 Å². The van der Waals surface area contributed by atoms with E-state index in [9.17, 15) is 0 Å². The minimum Gasteiger partial charge on any atom is -0.387 e. The van der Waals surface area contributed by atoms with Gasteiger partial charge >= 0.3 is 0 Å². The minimum atomic E-state index is 0.593. The van der Waals surface area contributed by atoms with E-state index in [4.69, 9.17) is 0 Å². The van der Waals surface area contributed by atoms with Crippen LogP contribution in [0.15, 0.2) is 34.1 Å². The fourth-order valence-electron chi connectivity index (χ4n) is 1.79. The van der Waals surface area contributed by atoms with Crippen LogP contribution in [0.25, 0.3) is 0 Å². The highest BCUT2D eigenvalue weighted by Crippen LogP contribution is 2.08. The van der Waals surface area contributed by atoms with Crippen LogP contribution in [-0.4, -0.2) is 32.1 Å². The minimum absolute atomic E-state index is 0.593. The Morgan fingerprint density at radius 3 is 2.88 bits per heavy atom. The van der Waals surface area contributed by atoms with Crippen LogP contribution in [0.5, 0.6) is 0 Å². The van der Waals surface area contributed by atoms with Gasteiger partial charge in [-0.3, -0.25) is 0 Å². The van der Waals surface area contributed by atoms with Crippen LogP contribution in [0.3, 0.4) is 0 Å². The van der Waals surface area contributed by atoms with Crippen molar-refractivity contribution in [1.29, 1.82) is 0 Å². The van der Waals surface area contributed by atoms with Gasteiger partial charge in [0.2, 0.25) is 0 Å². The molecule has 86 valence electrons. The van der Waals surface area contributed by atoms with Gasteiger partial charge in [-0.25, -0.2) is 0 Å². The predicted octanol–water partition coefficient (Wildman–Crippen LogP) is 1.09. The van der Waals surface area contributed by atoms with Crippen molar-refractivity contribution in [3.63, 3.8) is 0 Å². The molecule has 16 heavy (non-hydrogen) atoms. The van der Waals surface area contributed by atoms with Crippen LogP contribution in [0, 0.1) is 5.92 Å². The lowest BCUT2D eigenvalue weighted by Crippen LogP contribution is -2.28. The summed E-state index contributed by atoms with van der Waals surface area (Å²) in [6.07, 6.45) is 12.1. The lowest BCUT2D eigenvalue weighted by molar-refractivity contribution is 0.462. The molecule has 0 aromatic carbocycles. The predicted molar refractivity (Wildman–Crippen MR) is 67.8 cm³/mol. The number of hydrogen-bond donors (Lipinski definition) is 2. The largest absolute Gasteiger partial charge is 0.387 e. The van der Waals surface area contributed by atoms with E-state index >= 15 is 0 Å². The Bertz CT molecular complexity index is 322. The van der Waals surface area contributed by atoms with Gasteiger partial charge < -0.3 is 10.6 Å². The molecule has 0 aliphatic carbocycles. The molecular formula is C12H18N4. The monoisotopic (exact) mass is 218 g/mol. The van der Waals surface area contributed by atoms with Crippen LogP contribution >= 0.6 is 0 Å². The van der Waals surface area contributed by atoms with Gasteiger partial charge in [-0.2, -0.15) is 10.2 Å². The van der Waals surface area contributed by atoms with Crippen molar-refractivity contribution in [2.24, 2.45) is 16.1 Å². The van der Waals surface area contributed by atoms with E-state index in [0.29, 0.717) is 5.92 Å². The van der Waals surface area contributed by atoms with E-state index in [1.165, 1.54) is 12.8 Å². The molecule has 2 heterocycles. The van der Waals surface area contributed by atoms with Crippen LogP contribution < -0.4 is 10.6 Å². The molecule has 4 heteroatoms. The fraction of sp³-hybridized carbons (Fsp3) is 0.500. The van der Waals surface area contributed by atoms with Gasteiger partial charge in [0.25, 0.3) is 0 Å². The summed E-state index contributed by atoms with van der Waals surface area (Å²) in [6.45, 7) is 3.07. The van der Waals surface area contributed by atoms with Crippen molar-refractivity contribution in [2.45, 2.75) is 12.8 Å². The molecule has 0 atom stereocenters. The summed E-state index contributed by atoms with van der Waals surface area (Å²) in [6, 6.07) is 0. The maximum absolute atomic E-state index is 4.11. The molecule has 2 aliphatic heterocycles. The Labute approximate surface area is 96.2 Å². The zero-order valence-electron chi connectivity index (χ0n) is 9.39. The molecule has 0 spiro atoms. The average Bonchev–Trinajstić information content (AvgIpc) is 2.37.